The monoisotopic (exact) mass is 352 g/mol. The Morgan fingerprint density at radius 2 is 2.04 bits per heavy atom. The fourth-order valence-corrected chi connectivity index (χ4v) is 4.41. The van der Waals surface area contributed by atoms with Crippen molar-refractivity contribution in [3.05, 3.63) is 42.2 Å². The van der Waals surface area contributed by atoms with Crippen molar-refractivity contribution in [3.63, 3.8) is 0 Å². The number of pyridine rings is 1. The van der Waals surface area contributed by atoms with Gasteiger partial charge in [-0.25, -0.2) is 8.42 Å². The predicted octanol–water partition coefficient (Wildman–Crippen LogP) is 2.19. The first kappa shape index (κ1) is 16.2. The average Bonchev–Trinajstić information content (AvgIpc) is 2.82. The summed E-state index contributed by atoms with van der Waals surface area (Å²) in [4.78, 5) is 18.1. The number of hydrogen-bond donors (Lipinski definition) is 0. The Labute approximate surface area is 139 Å². The maximum absolute atomic E-state index is 12.0. The van der Waals surface area contributed by atoms with Crippen LogP contribution in [0.3, 0.4) is 0 Å². The molecule has 0 saturated carbocycles. The highest BCUT2D eigenvalue weighted by atomic mass is 35.7. The van der Waals surface area contributed by atoms with Crippen LogP contribution >= 0.6 is 10.7 Å². The first-order valence-electron chi connectivity index (χ1n) is 7.45. The first-order valence-corrected chi connectivity index (χ1v) is 9.93. The number of fused-ring (bicyclic) bond motifs is 1. The van der Waals surface area contributed by atoms with E-state index < -0.39 is 9.05 Å². The summed E-state index contributed by atoms with van der Waals surface area (Å²) >= 11 is 0. The molecule has 0 spiro atoms. The number of likely N-dealkylation sites (tertiary alicyclic amines) is 1. The lowest BCUT2D eigenvalue weighted by atomic mass is 10.1. The summed E-state index contributed by atoms with van der Waals surface area (Å²) in [7, 11) is 1.71. The highest BCUT2D eigenvalue weighted by Crippen LogP contribution is 2.22. The van der Waals surface area contributed by atoms with Crippen molar-refractivity contribution >= 4 is 36.4 Å². The third-order valence-electron chi connectivity index (χ3n) is 4.10. The van der Waals surface area contributed by atoms with Crippen LogP contribution in [0.2, 0.25) is 0 Å². The van der Waals surface area contributed by atoms with Crippen LogP contribution in [-0.2, 0) is 20.3 Å². The molecule has 7 heteroatoms. The smallest absolute Gasteiger partial charge is 0.232 e. The highest BCUT2D eigenvalue weighted by molar-refractivity contribution is 8.13. The van der Waals surface area contributed by atoms with Gasteiger partial charge >= 0.3 is 0 Å². The summed E-state index contributed by atoms with van der Waals surface area (Å²) in [6, 6.07) is 9.96. The van der Waals surface area contributed by atoms with Crippen LogP contribution in [0, 0.1) is 5.92 Å². The third kappa shape index (κ3) is 4.00. The summed E-state index contributed by atoms with van der Waals surface area (Å²) in [6.07, 6.45) is 2.66. The molecule has 1 atom stereocenters. The van der Waals surface area contributed by atoms with E-state index in [1.807, 2.05) is 30.3 Å². The van der Waals surface area contributed by atoms with Gasteiger partial charge in [0, 0.05) is 59.8 Å². The molecule has 5 nitrogen and oxygen atoms in total. The van der Waals surface area contributed by atoms with Crippen molar-refractivity contribution in [1.29, 1.82) is 0 Å². The Hall–Kier alpha value is -1.66. The van der Waals surface area contributed by atoms with Gasteiger partial charge in [-0.2, -0.15) is 0 Å². The van der Waals surface area contributed by atoms with Gasteiger partial charge in [0.25, 0.3) is 0 Å². The van der Waals surface area contributed by atoms with Crippen LogP contribution in [-0.4, -0.2) is 43.1 Å². The molecule has 1 amide bonds. The minimum absolute atomic E-state index is 0.0180. The molecule has 0 bridgehead atoms. The summed E-state index contributed by atoms with van der Waals surface area (Å²) < 4.78 is 22.3. The SMILES string of the molecule is O=C1CC(CS(=O)(=O)Cl)CN1CCc1nccc2ccccc12. The van der Waals surface area contributed by atoms with Gasteiger partial charge in [-0.05, 0) is 11.5 Å². The Morgan fingerprint density at radius 3 is 2.83 bits per heavy atom. The van der Waals surface area contributed by atoms with E-state index in [0.29, 0.717) is 19.5 Å². The summed E-state index contributed by atoms with van der Waals surface area (Å²) in [5.74, 6) is -0.385. The topological polar surface area (TPSA) is 67.3 Å². The van der Waals surface area contributed by atoms with Crippen molar-refractivity contribution in [2.45, 2.75) is 12.8 Å². The number of rotatable bonds is 5. The molecule has 1 aliphatic rings. The molecule has 23 heavy (non-hydrogen) atoms. The van der Waals surface area contributed by atoms with Gasteiger partial charge in [0.15, 0.2) is 0 Å². The fraction of sp³-hybridized carbons (Fsp3) is 0.375. The molecule has 1 aromatic carbocycles. The summed E-state index contributed by atoms with van der Waals surface area (Å²) in [5.41, 5.74) is 0.948. The molecule has 0 N–H and O–H groups in total. The normalized spacial score (nSPS) is 18.7. The van der Waals surface area contributed by atoms with E-state index in [-0.39, 0.29) is 24.0 Å². The van der Waals surface area contributed by atoms with E-state index in [2.05, 4.69) is 4.98 Å². The Kier molecular flexibility index (Phi) is 4.55. The van der Waals surface area contributed by atoms with Crippen LogP contribution in [0.4, 0.5) is 0 Å². The zero-order valence-electron chi connectivity index (χ0n) is 12.5. The molecular weight excluding hydrogens is 336 g/mol. The molecule has 1 fully saturated rings. The van der Waals surface area contributed by atoms with Gasteiger partial charge < -0.3 is 4.90 Å². The minimum atomic E-state index is -3.57. The second kappa shape index (κ2) is 6.45. The van der Waals surface area contributed by atoms with Crippen molar-refractivity contribution in [1.82, 2.24) is 9.88 Å². The standard InChI is InChI=1S/C16H17ClN2O3S/c17-23(21,22)11-12-9-16(20)19(10-12)8-6-15-14-4-2-1-3-13(14)5-7-18-15/h1-5,7,12H,6,8-11H2. The van der Waals surface area contributed by atoms with Gasteiger partial charge in [0.2, 0.25) is 15.0 Å². The van der Waals surface area contributed by atoms with E-state index in [4.69, 9.17) is 10.7 Å². The molecule has 1 unspecified atom stereocenters. The van der Waals surface area contributed by atoms with Crippen LogP contribution in [0.25, 0.3) is 10.8 Å². The molecule has 122 valence electrons. The van der Waals surface area contributed by atoms with E-state index >= 15 is 0 Å². The van der Waals surface area contributed by atoms with Crippen molar-refractivity contribution in [2.24, 2.45) is 5.92 Å². The maximum atomic E-state index is 12.0. The number of carbonyl (C=O) groups is 1. The molecule has 1 aromatic heterocycles. The summed E-state index contributed by atoms with van der Waals surface area (Å²) in [6.45, 7) is 0.980. The number of benzene rings is 1. The molecule has 2 aromatic rings. The van der Waals surface area contributed by atoms with Crippen LogP contribution in [0.1, 0.15) is 12.1 Å². The van der Waals surface area contributed by atoms with Crippen LogP contribution in [0.5, 0.6) is 0 Å². The van der Waals surface area contributed by atoms with Crippen LogP contribution in [0.15, 0.2) is 36.5 Å². The number of aromatic nitrogens is 1. The average molecular weight is 353 g/mol. The Bertz CT molecular complexity index is 833. The van der Waals surface area contributed by atoms with Crippen molar-refractivity contribution in [2.75, 3.05) is 18.8 Å². The van der Waals surface area contributed by atoms with Gasteiger partial charge in [0.1, 0.15) is 0 Å². The van der Waals surface area contributed by atoms with Crippen molar-refractivity contribution < 1.29 is 13.2 Å². The zero-order valence-corrected chi connectivity index (χ0v) is 14.1. The Morgan fingerprint density at radius 1 is 1.26 bits per heavy atom. The quantitative estimate of drug-likeness (QED) is 0.774. The first-order chi connectivity index (χ1) is 10.9. The molecule has 2 heterocycles. The minimum Gasteiger partial charge on any atom is -0.342 e. The van der Waals surface area contributed by atoms with E-state index in [1.165, 1.54) is 0 Å². The number of halogens is 1. The third-order valence-corrected chi connectivity index (χ3v) is 5.35. The molecule has 3 rings (SSSR count). The molecule has 0 radical (unpaired) electrons. The molecule has 0 aliphatic carbocycles. The highest BCUT2D eigenvalue weighted by Gasteiger charge is 2.32. The lowest BCUT2D eigenvalue weighted by molar-refractivity contribution is -0.127. The number of amides is 1. The Balaban J connectivity index is 1.67. The molecule has 1 aliphatic heterocycles. The predicted molar refractivity (Wildman–Crippen MR) is 89.8 cm³/mol. The lowest BCUT2D eigenvalue weighted by Crippen LogP contribution is -2.28. The second-order valence-electron chi connectivity index (χ2n) is 5.84. The second-order valence-corrected chi connectivity index (χ2v) is 8.67. The zero-order chi connectivity index (χ0) is 16.4. The maximum Gasteiger partial charge on any atom is 0.232 e. The van der Waals surface area contributed by atoms with Gasteiger partial charge in [0.05, 0.1) is 5.75 Å². The van der Waals surface area contributed by atoms with E-state index in [9.17, 15) is 13.2 Å². The summed E-state index contributed by atoms with van der Waals surface area (Å²) in [5, 5.41) is 2.21. The molecule has 1 saturated heterocycles. The van der Waals surface area contributed by atoms with E-state index in [1.54, 1.807) is 11.1 Å². The number of carbonyl (C=O) groups excluding carboxylic acids is 1. The molecular formula is C16H17ClN2O3S. The van der Waals surface area contributed by atoms with Crippen LogP contribution < -0.4 is 0 Å². The number of nitrogens with zero attached hydrogens (tertiary/aromatic N) is 2. The van der Waals surface area contributed by atoms with Gasteiger partial charge in [-0.15, -0.1) is 0 Å². The lowest BCUT2D eigenvalue weighted by Gasteiger charge is -2.16. The van der Waals surface area contributed by atoms with E-state index in [0.717, 1.165) is 16.5 Å². The van der Waals surface area contributed by atoms with Crippen molar-refractivity contribution in [3.8, 4) is 0 Å². The van der Waals surface area contributed by atoms with Gasteiger partial charge in [-0.1, -0.05) is 24.3 Å². The number of hydrogen-bond acceptors (Lipinski definition) is 4. The fourth-order valence-electron chi connectivity index (χ4n) is 3.09. The largest absolute Gasteiger partial charge is 0.342 e. The van der Waals surface area contributed by atoms with Gasteiger partial charge in [-0.3, -0.25) is 9.78 Å².